The molecule has 6 heteroatoms. The van der Waals surface area contributed by atoms with Crippen LogP contribution in [0.4, 0.5) is 5.69 Å². The summed E-state index contributed by atoms with van der Waals surface area (Å²) < 4.78 is 0.804. The molecule has 0 saturated carbocycles. The van der Waals surface area contributed by atoms with E-state index in [0.717, 1.165) is 50.7 Å². The third kappa shape index (κ3) is 7.52. The SMILES string of the molecule is CCCN(CCC)C(=O)C1=Cc2ncc(Br)cc2N=C(N(C(c2ccccc2)(c2ccccc2)c2ccccc2)C(c2ccccc2)(c2ccccc2)c2ccccc2)C1. The Morgan fingerprint density at radius 2 is 0.917 bits per heavy atom. The molecular weight excluding hydrogens is 801 g/mol. The van der Waals surface area contributed by atoms with Gasteiger partial charge in [-0.1, -0.05) is 196 Å². The van der Waals surface area contributed by atoms with E-state index in [-0.39, 0.29) is 12.3 Å². The number of nitrogens with zero attached hydrogens (tertiary/aromatic N) is 4. The smallest absolute Gasteiger partial charge is 0.250 e. The summed E-state index contributed by atoms with van der Waals surface area (Å²) in [5, 5.41) is 0. The first-order valence-electron chi connectivity index (χ1n) is 20.9. The number of hydrogen-bond acceptors (Lipinski definition) is 4. The number of aliphatic imine (C=N–C) groups is 1. The number of carbonyl (C=O) groups excluding carboxylic acids is 1. The highest BCUT2D eigenvalue weighted by Crippen LogP contribution is 2.55. The van der Waals surface area contributed by atoms with Crippen molar-refractivity contribution in [1.29, 1.82) is 0 Å². The molecule has 0 radical (unpaired) electrons. The van der Waals surface area contributed by atoms with Crippen LogP contribution in [0.3, 0.4) is 0 Å². The van der Waals surface area contributed by atoms with E-state index in [1.807, 2.05) is 17.0 Å². The summed E-state index contributed by atoms with van der Waals surface area (Å²) >= 11 is 3.74. The highest BCUT2D eigenvalue weighted by Gasteiger charge is 2.56. The van der Waals surface area contributed by atoms with Gasteiger partial charge in [0, 0.05) is 35.8 Å². The fourth-order valence-electron chi connectivity index (χ4n) is 9.02. The minimum absolute atomic E-state index is 0.00149. The lowest BCUT2D eigenvalue weighted by Crippen LogP contribution is -2.62. The van der Waals surface area contributed by atoms with Gasteiger partial charge in [0.15, 0.2) is 0 Å². The van der Waals surface area contributed by atoms with E-state index in [2.05, 4.69) is 217 Å². The number of halogens is 1. The van der Waals surface area contributed by atoms with Gasteiger partial charge >= 0.3 is 0 Å². The minimum atomic E-state index is -1.06. The topological polar surface area (TPSA) is 48.8 Å². The van der Waals surface area contributed by atoms with Gasteiger partial charge in [0.1, 0.15) is 16.9 Å². The Balaban J connectivity index is 1.62. The second kappa shape index (κ2) is 18.3. The van der Waals surface area contributed by atoms with Crippen LogP contribution in [0.25, 0.3) is 6.08 Å². The van der Waals surface area contributed by atoms with E-state index in [4.69, 9.17) is 9.98 Å². The minimum Gasteiger partial charge on any atom is -0.339 e. The number of fused-ring (bicyclic) bond motifs is 1. The normalized spacial score (nSPS) is 12.7. The van der Waals surface area contributed by atoms with Crippen LogP contribution in [0.1, 0.15) is 72.2 Å². The molecule has 2 heterocycles. The van der Waals surface area contributed by atoms with Crippen molar-refractivity contribution >= 4 is 39.4 Å². The molecule has 0 aliphatic carbocycles. The molecule has 1 aliphatic rings. The average molecular weight is 850 g/mol. The van der Waals surface area contributed by atoms with Crippen molar-refractivity contribution in [1.82, 2.24) is 14.8 Å². The standard InChI is InChI=1S/C54H49BrN4O/c1-3-35-58(36-4-2)52(60)41-37-49-50(39-48(55)40-56-49)57-51(38-41)59(53(42-23-11-5-12-24-42,43-25-13-6-14-26-43)44-27-15-7-16-28-44)54(45-29-17-8-18-30-45,46-31-19-9-20-32-46)47-33-21-10-22-34-47/h5-34,37,39-40H,3-4,35-36,38H2,1-2H3. The summed E-state index contributed by atoms with van der Waals surface area (Å²) in [6.45, 7) is 5.57. The van der Waals surface area contributed by atoms with E-state index in [1.54, 1.807) is 6.20 Å². The van der Waals surface area contributed by atoms with Crippen molar-refractivity contribution in [2.24, 2.45) is 4.99 Å². The first-order valence-corrected chi connectivity index (χ1v) is 21.7. The lowest BCUT2D eigenvalue weighted by atomic mass is 9.67. The van der Waals surface area contributed by atoms with Crippen molar-refractivity contribution in [2.75, 3.05) is 13.1 Å². The molecule has 6 aromatic carbocycles. The Morgan fingerprint density at radius 1 is 0.567 bits per heavy atom. The number of rotatable bonds is 13. The van der Waals surface area contributed by atoms with Crippen LogP contribution in [-0.2, 0) is 15.9 Å². The zero-order valence-electron chi connectivity index (χ0n) is 34.2. The number of amidine groups is 1. The fourth-order valence-corrected chi connectivity index (χ4v) is 9.34. The molecular formula is C54H49BrN4O. The molecule has 1 aliphatic heterocycles. The van der Waals surface area contributed by atoms with Gasteiger partial charge in [0.25, 0.3) is 0 Å². The molecule has 8 rings (SSSR count). The Morgan fingerprint density at radius 3 is 1.25 bits per heavy atom. The van der Waals surface area contributed by atoms with E-state index < -0.39 is 11.1 Å². The largest absolute Gasteiger partial charge is 0.339 e. The highest BCUT2D eigenvalue weighted by molar-refractivity contribution is 9.10. The number of amides is 1. The van der Waals surface area contributed by atoms with Gasteiger partial charge in [-0.15, -0.1) is 0 Å². The third-order valence-electron chi connectivity index (χ3n) is 11.4. The summed E-state index contributed by atoms with van der Waals surface area (Å²) in [4.78, 5) is 30.4. The van der Waals surface area contributed by atoms with Gasteiger partial charge in [-0.25, -0.2) is 4.99 Å². The molecule has 0 unspecified atom stereocenters. The highest BCUT2D eigenvalue weighted by atomic mass is 79.9. The molecule has 1 amide bonds. The number of benzene rings is 6. The first-order chi connectivity index (χ1) is 29.5. The van der Waals surface area contributed by atoms with Crippen LogP contribution in [-0.4, -0.2) is 39.6 Å². The molecule has 0 fully saturated rings. The second-order valence-electron chi connectivity index (χ2n) is 15.2. The molecule has 0 bridgehead atoms. The molecule has 0 spiro atoms. The molecule has 0 saturated heterocycles. The molecule has 7 aromatic rings. The van der Waals surface area contributed by atoms with Crippen LogP contribution in [0.15, 0.2) is 209 Å². The number of carbonyl (C=O) groups is 1. The zero-order valence-corrected chi connectivity index (χ0v) is 35.7. The van der Waals surface area contributed by atoms with Crippen molar-refractivity contribution in [3.05, 3.63) is 243 Å². The quantitative estimate of drug-likeness (QED) is 0.109. The number of aromatic nitrogens is 1. The summed E-state index contributed by atoms with van der Waals surface area (Å²) in [5.41, 5.74) is 6.12. The van der Waals surface area contributed by atoms with Crippen LogP contribution in [0, 0.1) is 0 Å². The van der Waals surface area contributed by atoms with Gasteiger partial charge in [-0.05, 0) is 74.3 Å². The van der Waals surface area contributed by atoms with Gasteiger partial charge in [-0.2, -0.15) is 0 Å². The van der Waals surface area contributed by atoms with Crippen molar-refractivity contribution in [3.8, 4) is 0 Å². The van der Waals surface area contributed by atoms with Gasteiger partial charge in [-0.3, -0.25) is 9.78 Å². The molecule has 5 nitrogen and oxygen atoms in total. The monoisotopic (exact) mass is 848 g/mol. The molecule has 1 aromatic heterocycles. The molecule has 0 atom stereocenters. The van der Waals surface area contributed by atoms with E-state index >= 15 is 4.79 Å². The third-order valence-corrected chi connectivity index (χ3v) is 11.8. The predicted molar refractivity (Wildman–Crippen MR) is 249 cm³/mol. The Labute approximate surface area is 362 Å². The molecule has 298 valence electrons. The Hall–Kier alpha value is -6.37. The maximum absolute atomic E-state index is 15.1. The summed E-state index contributed by atoms with van der Waals surface area (Å²) in [7, 11) is 0. The van der Waals surface area contributed by atoms with Crippen LogP contribution in [0.5, 0.6) is 0 Å². The van der Waals surface area contributed by atoms with Gasteiger partial charge in [0.2, 0.25) is 5.91 Å². The summed E-state index contributed by atoms with van der Waals surface area (Å²) in [5.74, 6) is 0.715. The predicted octanol–water partition coefficient (Wildman–Crippen LogP) is 12.6. The van der Waals surface area contributed by atoms with Crippen LogP contribution in [0.2, 0.25) is 0 Å². The first kappa shape index (κ1) is 40.4. The maximum atomic E-state index is 15.1. The lowest BCUT2D eigenvalue weighted by Gasteiger charge is -2.57. The fraction of sp³-hybridized carbons (Fsp3) is 0.167. The van der Waals surface area contributed by atoms with Crippen molar-refractivity contribution in [2.45, 2.75) is 44.2 Å². The van der Waals surface area contributed by atoms with E-state index in [9.17, 15) is 0 Å². The van der Waals surface area contributed by atoms with E-state index in [0.29, 0.717) is 35.9 Å². The lowest BCUT2D eigenvalue weighted by molar-refractivity contribution is -0.127. The number of hydrogen-bond donors (Lipinski definition) is 0. The van der Waals surface area contributed by atoms with Crippen molar-refractivity contribution in [3.63, 3.8) is 0 Å². The molecule has 60 heavy (non-hydrogen) atoms. The Bertz CT molecular complexity index is 2240. The van der Waals surface area contributed by atoms with Gasteiger partial charge < -0.3 is 9.80 Å². The van der Waals surface area contributed by atoms with Gasteiger partial charge in [0.05, 0.1) is 11.4 Å². The number of pyridine rings is 1. The van der Waals surface area contributed by atoms with Crippen molar-refractivity contribution < 1.29 is 4.79 Å². The van der Waals surface area contributed by atoms with Crippen LogP contribution >= 0.6 is 15.9 Å². The Kier molecular flexibility index (Phi) is 12.3. The summed E-state index contributed by atoms with van der Waals surface area (Å²) in [6, 6.07) is 66.7. The average Bonchev–Trinajstić information content (AvgIpc) is 3.50. The van der Waals surface area contributed by atoms with Crippen LogP contribution < -0.4 is 0 Å². The zero-order chi connectivity index (χ0) is 41.4. The molecule has 0 N–H and O–H groups in total. The maximum Gasteiger partial charge on any atom is 0.250 e. The van der Waals surface area contributed by atoms with E-state index in [1.165, 1.54) is 0 Å². The summed E-state index contributed by atoms with van der Waals surface area (Å²) in [6.07, 6.45) is 5.70. The second-order valence-corrected chi connectivity index (χ2v) is 16.1.